The highest BCUT2D eigenvalue weighted by molar-refractivity contribution is 5.84. The first-order valence-corrected chi connectivity index (χ1v) is 12.9. The molecule has 2 aliphatic heterocycles. The predicted octanol–water partition coefficient (Wildman–Crippen LogP) is 4.17. The number of methoxy groups -OCH3 is 1. The number of nitrogens with zero attached hydrogens (tertiary/aromatic N) is 3. The Bertz CT molecular complexity index is 979. The average molecular weight is 468 g/mol. The number of hydrogen-bond donors (Lipinski definition) is 0. The lowest BCUT2D eigenvalue weighted by molar-refractivity contribution is -0.134. The van der Waals surface area contributed by atoms with E-state index >= 15 is 0 Å². The van der Waals surface area contributed by atoms with Gasteiger partial charge in [-0.2, -0.15) is 0 Å². The molecule has 0 spiro atoms. The van der Waals surface area contributed by atoms with Gasteiger partial charge >= 0.3 is 0 Å². The molecule has 1 aliphatic carbocycles. The lowest BCUT2D eigenvalue weighted by Crippen LogP contribution is -2.40. The second kappa shape index (κ2) is 10.9. The minimum Gasteiger partial charge on any atom is -0.497 e. The first-order valence-electron chi connectivity index (χ1n) is 12.9. The molecule has 0 N–H and O–H groups in total. The Labute approximate surface area is 202 Å². The quantitative estimate of drug-likeness (QED) is 0.581. The van der Waals surface area contributed by atoms with Crippen molar-refractivity contribution in [1.82, 2.24) is 9.88 Å². The number of fused-ring (bicyclic) bond motifs is 1. The van der Waals surface area contributed by atoms with Crippen molar-refractivity contribution in [3.63, 3.8) is 0 Å². The fourth-order valence-electron chi connectivity index (χ4n) is 5.56. The number of rotatable bonds is 8. The van der Waals surface area contributed by atoms with Gasteiger partial charge in [-0.05, 0) is 49.8 Å². The van der Waals surface area contributed by atoms with Crippen molar-refractivity contribution in [1.29, 1.82) is 0 Å². The lowest BCUT2D eigenvalue weighted by Gasteiger charge is -2.32. The van der Waals surface area contributed by atoms with Crippen molar-refractivity contribution in [3.8, 4) is 5.75 Å². The fourth-order valence-corrected chi connectivity index (χ4v) is 5.56. The van der Waals surface area contributed by atoms with E-state index in [0.717, 1.165) is 60.6 Å². The molecule has 5 rings (SSSR count). The Morgan fingerprint density at radius 3 is 2.68 bits per heavy atom. The van der Waals surface area contributed by atoms with Gasteiger partial charge in [-0.3, -0.25) is 4.79 Å². The SMILES string of the molecule is COc1ccc2cc(CN(CC3CCCO3)C(=O)CC3CCCC3)c(N3CCOCC3)nc2c1. The van der Waals surface area contributed by atoms with Gasteiger partial charge in [0.05, 0.1) is 31.9 Å². The number of carbonyl (C=O) groups is 1. The Balaban J connectivity index is 1.46. The van der Waals surface area contributed by atoms with Gasteiger partial charge in [0.2, 0.25) is 5.91 Å². The highest BCUT2D eigenvalue weighted by Crippen LogP contribution is 2.31. The van der Waals surface area contributed by atoms with E-state index in [2.05, 4.69) is 17.0 Å². The fraction of sp³-hybridized carbons (Fsp3) is 0.630. The molecule has 3 heterocycles. The molecule has 1 atom stereocenters. The summed E-state index contributed by atoms with van der Waals surface area (Å²) in [5.74, 6) is 2.54. The summed E-state index contributed by atoms with van der Waals surface area (Å²) in [6.07, 6.45) is 7.75. The molecule has 1 saturated carbocycles. The molecule has 1 amide bonds. The third kappa shape index (κ3) is 5.47. The second-order valence-electron chi connectivity index (χ2n) is 9.89. The van der Waals surface area contributed by atoms with Gasteiger partial charge in [0.25, 0.3) is 0 Å². The molecule has 2 aromatic rings. The third-order valence-corrected chi connectivity index (χ3v) is 7.49. The number of benzene rings is 1. The molecule has 0 radical (unpaired) electrons. The first kappa shape index (κ1) is 23.4. The van der Waals surface area contributed by atoms with E-state index in [1.54, 1.807) is 7.11 Å². The van der Waals surface area contributed by atoms with Crippen LogP contribution >= 0.6 is 0 Å². The zero-order valence-corrected chi connectivity index (χ0v) is 20.3. The van der Waals surface area contributed by atoms with Crippen LogP contribution in [-0.2, 0) is 20.8 Å². The number of amides is 1. The van der Waals surface area contributed by atoms with Gasteiger partial charge in [-0.1, -0.05) is 12.8 Å². The standard InChI is InChI=1S/C27H37N3O4/c1-32-23-9-8-21-16-22(27(28-25(21)17-23)29-10-13-33-14-11-29)18-30(19-24-7-4-12-34-24)26(31)15-20-5-2-3-6-20/h8-9,16-17,20,24H,2-7,10-15,18-19H2,1H3. The molecule has 3 fully saturated rings. The van der Waals surface area contributed by atoms with E-state index in [1.165, 1.54) is 25.7 Å². The van der Waals surface area contributed by atoms with Crippen LogP contribution in [0.15, 0.2) is 24.3 Å². The molecule has 1 unspecified atom stereocenters. The van der Waals surface area contributed by atoms with Crippen molar-refractivity contribution in [2.45, 2.75) is 57.6 Å². The van der Waals surface area contributed by atoms with Crippen LogP contribution in [0.1, 0.15) is 50.5 Å². The third-order valence-electron chi connectivity index (χ3n) is 7.49. The zero-order valence-electron chi connectivity index (χ0n) is 20.3. The molecular formula is C27H37N3O4. The van der Waals surface area contributed by atoms with Crippen LogP contribution < -0.4 is 9.64 Å². The molecule has 1 aromatic heterocycles. The number of morpholine rings is 1. The van der Waals surface area contributed by atoms with Gasteiger partial charge < -0.3 is 24.0 Å². The van der Waals surface area contributed by atoms with Crippen molar-refractivity contribution in [2.24, 2.45) is 5.92 Å². The second-order valence-corrected chi connectivity index (χ2v) is 9.89. The largest absolute Gasteiger partial charge is 0.497 e. The Kier molecular flexibility index (Phi) is 7.50. The van der Waals surface area contributed by atoms with Crippen LogP contribution in [0.25, 0.3) is 10.9 Å². The molecular weight excluding hydrogens is 430 g/mol. The lowest BCUT2D eigenvalue weighted by atomic mass is 10.0. The number of carbonyl (C=O) groups excluding carboxylic acids is 1. The maximum absolute atomic E-state index is 13.5. The zero-order chi connectivity index (χ0) is 23.3. The smallest absolute Gasteiger partial charge is 0.223 e. The van der Waals surface area contributed by atoms with E-state index in [1.807, 2.05) is 17.0 Å². The monoisotopic (exact) mass is 467 g/mol. The minimum atomic E-state index is 0.136. The molecule has 3 aliphatic rings. The van der Waals surface area contributed by atoms with Gasteiger partial charge in [0.15, 0.2) is 0 Å². The molecule has 2 saturated heterocycles. The van der Waals surface area contributed by atoms with Crippen molar-refractivity contribution < 1.29 is 19.0 Å². The van der Waals surface area contributed by atoms with E-state index in [-0.39, 0.29) is 12.0 Å². The molecule has 1 aromatic carbocycles. The summed E-state index contributed by atoms with van der Waals surface area (Å²) >= 11 is 0. The van der Waals surface area contributed by atoms with Crippen LogP contribution in [0.3, 0.4) is 0 Å². The molecule has 7 heteroatoms. The number of ether oxygens (including phenoxy) is 3. The molecule has 184 valence electrons. The Hall–Kier alpha value is -2.38. The van der Waals surface area contributed by atoms with Gasteiger partial charge in [-0.15, -0.1) is 0 Å². The van der Waals surface area contributed by atoms with Crippen LogP contribution in [0, 0.1) is 5.92 Å². The number of hydrogen-bond acceptors (Lipinski definition) is 6. The first-order chi connectivity index (χ1) is 16.7. The number of anilines is 1. The number of aromatic nitrogens is 1. The van der Waals surface area contributed by atoms with Crippen LogP contribution in [0.4, 0.5) is 5.82 Å². The highest BCUT2D eigenvalue weighted by Gasteiger charge is 2.28. The number of pyridine rings is 1. The van der Waals surface area contributed by atoms with E-state index < -0.39 is 0 Å². The Morgan fingerprint density at radius 2 is 1.94 bits per heavy atom. The van der Waals surface area contributed by atoms with E-state index in [0.29, 0.717) is 38.6 Å². The van der Waals surface area contributed by atoms with Crippen LogP contribution in [-0.4, -0.2) is 68.5 Å². The maximum atomic E-state index is 13.5. The molecule has 0 bridgehead atoms. The summed E-state index contributed by atoms with van der Waals surface area (Å²) in [6, 6.07) is 8.21. The van der Waals surface area contributed by atoms with E-state index in [4.69, 9.17) is 19.2 Å². The maximum Gasteiger partial charge on any atom is 0.223 e. The average Bonchev–Trinajstić information content (AvgIpc) is 3.58. The summed E-state index contributed by atoms with van der Waals surface area (Å²) in [7, 11) is 1.68. The summed E-state index contributed by atoms with van der Waals surface area (Å²) in [6.45, 7) is 5.01. The van der Waals surface area contributed by atoms with Gasteiger partial charge in [0, 0.05) is 56.2 Å². The molecule has 7 nitrogen and oxygen atoms in total. The minimum absolute atomic E-state index is 0.136. The summed E-state index contributed by atoms with van der Waals surface area (Å²) in [5.41, 5.74) is 2.00. The summed E-state index contributed by atoms with van der Waals surface area (Å²) in [5, 5.41) is 1.06. The predicted molar refractivity (Wildman–Crippen MR) is 132 cm³/mol. The molecule has 34 heavy (non-hydrogen) atoms. The van der Waals surface area contributed by atoms with Crippen LogP contribution in [0.5, 0.6) is 5.75 Å². The Morgan fingerprint density at radius 1 is 1.12 bits per heavy atom. The van der Waals surface area contributed by atoms with Crippen LogP contribution in [0.2, 0.25) is 0 Å². The van der Waals surface area contributed by atoms with E-state index in [9.17, 15) is 4.79 Å². The van der Waals surface area contributed by atoms with Crippen molar-refractivity contribution in [2.75, 3.05) is 51.5 Å². The van der Waals surface area contributed by atoms with Gasteiger partial charge in [0.1, 0.15) is 11.6 Å². The van der Waals surface area contributed by atoms with Crippen molar-refractivity contribution in [3.05, 3.63) is 29.8 Å². The normalized spacial score (nSPS) is 21.3. The summed E-state index contributed by atoms with van der Waals surface area (Å²) in [4.78, 5) is 22.9. The van der Waals surface area contributed by atoms with Gasteiger partial charge in [-0.25, -0.2) is 4.98 Å². The summed E-state index contributed by atoms with van der Waals surface area (Å²) < 4.78 is 17.0. The van der Waals surface area contributed by atoms with Crippen molar-refractivity contribution >= 4 is 22.6 Å². The topological polar surface area (TPSA) is 64.1 Å². The highest BCUT2D eigenvalue weighted by atomic mass is 16.5.